The van der Waals surface area contributed by atoms with Gasteiger partial charge < -0.3 is 29.5 Å². The number of ether oxygens (including phenoxy) is 3. The Morgan fingerprint density at radius 2 is 1.38 bits per heavy atom. The van der Waals surface area contributed by atoms with Gasteiger partial charge in [0.1, 0.15) is 12.2 Å². The highest BCUT2D eigenvalue weighted by Gasteiger charge is 2.88. The molecule has 1 aliphatic rings. The third-order valence-corrected chi connectivity index (χ3v) is 4.64. The summed E-state index contributed by atoms with van der Waals surface area (Å²) < 4.78 is 14.8. The highest BCUT2D eigenvalue weighted by Crippen LogP contribution is 2.52. The Labute approximate surface area is 164 Å². The Bertz CT molecular complexity index is 772. The molecule has 29 heavy (non-hydrogen) atoms. The van der Waals surface area contributed by atoms with E-state index in [0.717, 1.165) is 13.8 Å². The van der Waals surface area contributed by atoms with Gasteiger partial charge in [-0.2, -0.15) is 0 Å². The molecule has 1 fully saturated rings. The van der Waals surface area contributed by atoms with Crippen molar-refractivity contribution in [1.82, 2.24) is 0 Å². The number of aliphatic hydroxyl groups excluding tert-OH is 3. The van der Waals surface area contributed by atoms with Gasteiger partial charge in [0.25, 0.3) is 5.60 Å². The predicted molar refractivity (Wildman–Crippen MR) is 89.0 cm³/mol. The summed E-state index contributed by atoms with van der Waals surface area (Å²) in [6.07, 6.45) is -4.75. The molecule has 1 aliphatic heterocycles. The molecule has 3 N–H and O–H groups in total. The van der Waals surface area contributed by atoms with Gasteiger partial charge in [-0.15, -0.1) is 0 Å². The normalized spacial score (nSPS) is 30.7. The van der Waals surface area contributed by atoms with E-state index in [-0.39, 0.29) is 0 Å². The fraction of sp³-hybridized carbons (Fsp3) is 0.647. The average Bonchev–Trinajstić information content (AvgIpc) is 2.81. The highest BCUT2D eigenvalue weighted by molar-refractivity contribution is 6.21. The molecule has 162 valence electrons. The van der Waals surface area contributed by atoms with Crippen molar-refractivity contribution in [1.29, 1.82) is 0 Å². The van der Waals surface area contributed by atoms with Crippen LogP contribution >= 0.6 is 0 Å². The van der Waals surface area contributed by atoms with Crippen molar-refractivity contribution in [2.75, 3.05) is 6.61 Å². The Morgan fingerprint density at radius 1 is 0.897 bits per heavy atom. The number of ketones is 3. The lowest BCUT2D eigenvalue weighted by Crippen LogP contribution is -2.78. The van der Waals surface area contributed by atoms with Gasteiger partial charge in [0.15, 0.2) is 17.3 Å². The molecule has 0 bridgehead atoms. The van der Waals surface area contributed by atoms with Crippen molar-refractivity contribution in [3.05, 3.63) is 0 Å². The summed E-state index contributed by atoms with van der Waals surface area (Å²) in [5.74, 6) is -8.45. The van der Waals surface area contributed by atoms with Crippen LogP contribution in [0.1, 0.15) is 34.6 Å². The van der Waals surface area contributed by atoms with Crippen molar-refractivity contribution < 1.29 is 58.3 Å². The van der Waals surface area contributed by atoms with Crippen molar-refractivity contribution >= 4 is 35.3 Å². The zero-order valence-corrected chi connectivity index (χ0v) is 16.4. The van der Waals surface area contributed by atoms with E-state index in [9.17, 15) is 44.1 Å². The fourth-order valence-corrected chi connectivity index (χ4v) is 3.60. The summed E-state index contributed by atoms with van der Waals surface area (Å²) in [6, 6.07) is 0. The van der Waals surface area contributed by atoms with E-state index in [0.29, 0.717) is 20.8 Å². The summed E-state index contributed by atoms with van der Waals surface area (Å²) in [4.78, 5) is 74.5. The summed E-state index contributed by atoms with van der Waals surface area (Å²) in [7, 11) is 0. The van der Waals surface area contributed by atoms with Crippen molar-refractivity contribution in [3.8, 4) is 0 Å². The lowest BCUT2D eigenvalue weighted by Gasteiger charge is -2.46. The number of hydrogen-bond donors (Lipinski definition) is 3. The second kappa shape index (κ2) is 7.97. The molecule has 1 rings (SSSR count). The van der Waals surface area contributed by atoms with Crippen LogP contribution in [0.5, 0.6) is 0 Å². The first kappa shape index (κ1) is 24.3. The van der Waals surface area contributed by atoms with E-state index in [1.54, 1.807) is 0 Å². The first-order valence-electron chi connectivity index (χ1n) is 8.31. The van der Waals surface area contributed by atoms with Crippen LogP contribution in [0.2, 0.25) is 0 Å². The van der Waals surface area contributed by atoms with E-state index in [1.807, 2.05) is 0 Å². The summed E-state index contributed by atoms with van der Waals surface area (Å²) in [5, 5.41) is 29.7. The number of rotatable bonds is 8. The van der Waals surface area contributed by atoms with Gasteiger partial charge in [-0.3, -0.25) is 24.0 Å². The monoisotopic (exact) mass is 418 g/mol. The largest absolute Gasteiger partial charge is 0.441 e. The van der Waals surface area contributed by atoms with Gasteiger partial charge in [0, 0.05) is 13.8 Å². The molecule has 0 saturated carbocycles. The van der Waals surface area contributed by atoms with E-state index in [2.05, 4.69) is 0 Å². The van der Waals surface area contributed by atoms with Crippen LogP contribution in [-0.2, 0) is 43.0 Å². The quantitative estimate of drug-likeness (QED) is 0.211. The molecule has 1 saturated heterocycles. The molecule has 0 aromatic heterocycles. The Morgan fingerprint density at radius 3 is 1.69 bits per heavy atom. The number of hydrogen-bond acceptors (Lipinski definition) is 12. The fourth-order valence-electron chi connectivity index (χ4n) is 3.60. The van der Waals surface area contributed by atoms with Gasteiger partial charge >= 0.3 is 23.5 Å². The second-order valence-electron chi connectivity index (χ2n) is 6.54. The van der Waals surface area contributed by atoms with Gasteiger partial charge in [0.2, 0.25) is 5.60 Å². The molecular formula is C17H22O12. The first-order valence-corrected chi connectivity index (χ1v) is 8.31. The maximum absolute atomic E-state index is 12.8. The number of cyclic esters (lactones) is 1. The number of Topliss-reactive ketones (excluding diaryl/α,β-unsaturated/α-hetero) is 3. The van der Waals surface area contributed by atoms with Crippen LogP contribution in [0.4, 0.5) is 0 Å². The second-order valence-corrected chi connectivity index (χ2v) is 6.54. The molecule has 0 aromatic rings. The SMILES string of the molecule is CC(=O)O[C@@]1(C(C)=O)C(=O)O[C@@](C(C)=O)([C@@H](O)[C@H](O)CO)[C@]1(OC(C)=O)C(C)=O. The minimum absolute atomic E-state index is 0.696. The third kappa shape index (κ3) is 3.12. The zero-order chi connectivity index (χ0) is 22.9. The third-order valence-electron chi connectivity index (χ3n) is 4.64. The molecular weight excluding hydrogens is 396 g/mol. The van der Waals surface area contributed by atoms with Gasteiger partial charge in [-0.05, 0) is 20.8 Å². The maximum Gasteiger partial charge on any atom is 0.364 e. The Balaban J connectivity index is 4.24. The van der Waals surface area contributed by atoms with E-state index in [4.69, 9.17) is 14.2 Å². The standard InChI is InChI=1S/C17H22O12/c1-7(19)15(13(25)12(24)6-18)17(9(3)21,28-11(5)23)16(8(2)20,14(26)29-15)27-10(4)22/h12-13,18,24-25H,6H2,1-5H3/t12-,13+,15+,16+,17-/m1/s1. The molecule has 12 heteroatoms. The Hall–Kier alpha value is -2.70. The predicted octanol–water partition coefficient (Wildman–Crippen LogP) is -2.63. The van der Waals surface area contributed by atoms with Crippen molar-refractivity contribution in [2.24, 2.45) is 0 Å². The molecule has 12 nitrogen and oxygen atoms in total. The van der Waals surface area contributed by atoms with E-state index in [1.165, 1.54) is 0 Å². The van der Waals surface area contributed by atoms with Gasteiger partial charge in [0.05, 0.1) is 6.61 Å². The van der Waals surface area contributed by atoms with Crippen LogP contribution in [0, 0.1) is 0 Å². The minimum Gasteiger partial charge on any atom is -0.441 e. The van der Waals surface area contributed by atoms with Gasteiger partial charge in [-0.1, -0.05) is 0 Å². The lowest BCUT2D eigenvalue weighted by atomic mass is 9.64. The lowest BCUT2D eigenvalue weighted by molar-refractivity contribution is -0.233. The smallest absolute Gasteiger partial charge is 0.364 e. The van der Waals surface area contributed by atoms with E-state index < -0.39 is 70.9 Å². The number of carbonyl (C=O) groups is 6. The molecule has 0 radical (unpaired) electrons. The van der Waals surface area contributed by atoms with Crippen LogP contribution in [0.3, 0.4) is 0 Å². The molecule has 5 atom stereocenters. The van der Waals surface area contributed by atoms with Crippen LogP contribution < -0.4 is 0 Å². The number of aliphatic hydroxyl groups is 3. The van der Waals surface area contributed by atoms with Crippen LogP contribution in [0.15, 0.2) is 0 Å². The summed E-state index contributed by atoms with van der Waals surface area (Å²) >= 11 is 0. The zero-order valence-electron chi connectivity index (χ0n) is 16.4. The molecule has 0 unspecified atom stereocenters. The minimum atomic E-state index is -3.33. The molecule has 1 heterocycles. The first-order chi connectivity index (χ1) is 13.2. The molecule has 0 spiro atoms. The maximum atomic E-state index is 12.8. The molecule has 0 amide bonds. The van der Waals surface area contributed by atoms with E-state index >= 15 is 0 Å². The van der Waals surface area contributed by atoms with Crippen LogP contribution in [0.25, 0.3) is 0 Å². The number of esters is 3. The molecule has 0 aromatic carbocycles. The van der Waals surface area contributed by atoms with Gasteiger partial charge in [-0.25, -0.2) is 4.79 Å². The summed E-state index contributed by atoms with van der Waals surface area (Å²) in [5.41, 5.74) is -9.84. The average molecular weight is 418 g/mol. The Kier molecular flexibility index (Phi) is 6.69. The number of carbonyl (C=O) groups excluding carboxylic acids is 6. The summed E-state index contributed by atoms with van der Waals surface area (Å²) in [6.45, 7) is 2.46. The molecule has 0 aliphatic carbocycles. The topological polar surface area (TPSA) is 191 Å². The highest BCUT2D eigenvalue weighted by atomic mass is 16.7. The van der Waals surface area contributed by atoms with Crippen molar-refractivity contribution in [2.45, 2.75) is 63.6 Å². The van der Waals surface area contributed by atoms with Crippen molar-refractivity contribution in [3.63, 3.8) is 0 Å². The van der Waals surface area contributed by atoms with Crippen LogP contribution in [-0.4, -0.2) is 86.2 Å².